The third-order valence-corrected chi connectivity index (χ3v) is 10.0. The van der Waals surface area contributed by atoms with E-state index in [1.54, 1.807) is 24.4 Å². The molecule has 8 rings (SSSR count). The Kier molecular flexibility index (Phi) is 12.2. The second kappa shape index (κ2) is 17.0. The molecule has 5 nitrogen and oxygen atoms in total. The standard InChI is InChI=1S/C21H15NP.C10H7N.C9H5F3N3.Ir/c1-3-10-18(11-4-1)23(19-12-5-2-6-13-19)21-20-14-8-7-9-17(20)15-16-22-21;1-8-10-5-3-2-4-9(10)6-7-11-8;10-9(11,12)8-5-7(14-15-8)6-3-1-2-4-13-6;/h1-13,15-16H;2-4,6-7H,1H2;1-5H;/q-1;-2;-1;/p+1. The maximum atomic E-state index is 12.2. The molecule has 50 heavy (non-hydrogen) atoms. The fourth-order valence-corrected chi connectivity index (χ4v) is 7.68. The number of pyridine rings is 3. The predicted octanol–water partition coefficient (Wildman–Crippen LogP) is 7.86. The van der Waals surface area contributed by atoms with Gasteiger partial charge in [0.15, 0.2) is 0 Å². The third kappa shape index (κ3) is 8.87. The third-order valence-electron chi connectivity index (χ3n) is 7.36. The summed E-state index contributed by atoms with van der Waals surface area (Å²) < 4.78 is 36.6. The van der Waals surface area contributed by atoms with Crippen molar-refractivity contribution in [2.45, 2.75) is 6.18 Å². The van der Waals surface area contributed by atoms with E-state index in [9.17, 15) is 13.2 Å². The predicted molar refractivity (Wildman–Crippen MR) is 192 cm³/mol. The average Bonchev–Trinajstić information content (AvgIpc) is 3.66. The fourth-order valence-electron chi connectivity index (χ4n) is 5.07. The molecular weight excluding hydrogens is 831 g/mol. The molecule has 0 bridgehead atoms. The quantitative estimate of drug-likeness (QED) is 0.133. The minimum Gasteiger partial charge on any atom is -0.573 e. The van der Waals surface area contributed by atoms with Crippen molar-refractivity contribution in [1.29, 1.82) is 0 Å². The van der Waals surface area contributed by atoms with Crippen LogP contribution in [0.1, 0.15) is 11.4 Å². The number of halogens is 3. The molecule has 0 spiro atoms. The molecule has 251 valence electrons. The zero-order valence-electron chi connectivity index (χ0n) is 26.3. The van der Waals surface area contributed by atoms with E-state index in [4.69, 9.17) is 4.98 Å². The van der Waals surface area contributed by atoms with Crippen LogP contribution in [0.4, 0.5) is 13.2 Å². The molecule has 4 aromatic carbocycles. The monoisotopic (exact) mass is 859 g/mol. The molecule has 1 radical (unpaired) electrons. The van der Waals surface area contributed by atoms with Gasteiger partial charge >= 0.3 is 6.18 Å². The zero-order valence-corrected chi connectivity index (χ0v) is 29.7. The fraction of sp³-hybridized carbons (Fsp3) is 0.0250. The molecule has 0 N–H and O–H groups in total. The number of nitrogens with zero attached hydrogens (tertiary/aromatic N) is 5. The van der Waals surface area contributed by atoms with Crippen molar-refractivity contribution in [3.63, 3.8) is 0 Å². The topological polar surface area (TPSA) is 65.7 Å². The van der Waals surface area contributed by atoms with Crippen LogP contribution in [0.3, 0.4) is 0 Å². The Bertz CT molecular complexity index is 2200. The van der Waals surface area contributed by atoms with Crippen molar-refractivity contribution in [1.82, 2.24) is 25.1 Å². The SMILES string of the molecule is FC(F)(F)c1cc(-c2ccccn2)[n-]n1.[CH2-]c1nccc2ccc[c-]c12.[Ir].[c-]1cccc2ccnc([PH+](c3ccccc3)c3ccccc3)c12. The Labute approximate surface area is 302 Å². The first-order valence-electron chi connectivity index (χ1n) is 15.2. The summed E-state index contributed by atoms with van der Waals surface area (Å²) in [4.78, 5) is 12.7. The van der Waals surface area contributed by atoms with Gasteiger partial charge in [-0.2, -0.15) is 36.4 Å². The zero-order chi connectivity index (χ0) is 34.1. The Hall–Kier alpha value is -5.20. The van der Waals surface area contributed by atoms with E-state index in [1.807, 2.05) is 42.6 Å². The van der Waals surface area contributed by atoms with Gasteiger partial charge in [-0.1, -0.05) is 65.7 Å². The van der Waals surface area contributed by atoms with Gasteiger partial charge in [0.2, 0.25) is 0 Å². The smallest absolute Gasteiger partial charge is 0.431 e. The van der Waals surface area contributed by atoms with E-state index >= 15 is 0 Å². The van der Waals surface area contributed by atoms with Crippen LogP contribution in [0.25, 0.3) is 32.9 Å². The summed E-state index contributed by atoms with van der Waals surface area (Å²) in [5.41, 5.74) is 1.46. The summed E-state index contributed by atoms with van der Waals surface area (Å²) in [5, 5.41) is 13.7. The first-order chi connectivity index (χ1) is 23.9. The Balaban J connectivity index is 0.000000156. The van der Waals surface area contributed by atoms with Gasteiger partial charge in [-0.05, 0) is 42.5 Å². The Morgan fingerprint density at radius 2 is 1.20 bits per heavy atom. The Morgan fingerprint density at radius 3 is 1.76 bits per heavy atom. The van der Waals surface area contributed by atoms with Crippen LogP contribution < -0.4 is 21.1 Å². The van der Waals surface area contributed by atoms with E-state index < -0.39 is 19.8 Å². The van der Waals surface area contributed by atoms with Gasteiger partial charge in [0, 0.05) is 44.4 Å². The largest absolute Gasteiger partial charge is 0.573 e. The minimum atomic E-state index is -4.46. The molecule has 0 saturated heterocycles. The van der Waals surface area contributed by atoms with E-state index in [-0.39, 0.29) is 25.8 Å². The molecular formula is C40H28F3IrN5P-3. The van der Waals surface area contributed by atoms with Crippen LogP contribution in [0.15, 0.2) is 152 Å². The molecule has 4 heterocycles. The van der Waals surface area contributed by atoms with Crippen molar-refractivity contribution in [3.8, 4) is 11.4 Å². The molecule has 8 aromatic rings. The first-order valence-corrected chi connectivity index (χ1v) is 16.7. The van der Waals surface area contributed by atoms with Crippen LogP contribution in [0.5, 0.6) is 0 Å². The van der Waals surface area contributed by atoms with Gasteiger partial charge in [0.05, 0.1) is 18.5 Å². The van der Waals surface area contributed by atoms with Crippen molar-refractivity contribution in [2.24, 2.45) is 0 Å². The van der Waals surface area contributed by atoms with Gasteiger partial charge in [-0.3, -0.25) is 22.3 Å². The summed E-state index contributed by atoms with van der Waals surface area (Å²) in [6.07, 6.45) is 0.706. The summed E-state index contributed by atoms with van der Waals surface area (Å²) in [6.45, 7) is 3.81. The van der Waals surface area contributed by atoms with Crippen molar-refractivity contribution < 1.29 is 33.3 Å². The van der Waals surface area contributed by atoms with Crippen LogP contribution in [0.2, 0.25) is 0 Å². The number of hydrogen-bond acceptors (Lipinski definition) is 4. The number of hydrogen-bond donors (Lipinski definition) is 0. The average molecular weight is 859 g/mol. The normalized spacial score (nSPS) is 10.8. The van der Waals surface area contributed by atoms with Crippen molar-refractivity contribution >= 4 is 45.5 Å². The van der Waals surface area contributed by atoms with Gasteiger partial charge < -0.3 is 15.2 Å². The number of rotatable bonds is 4. The summed E-state index contributed by atoms with van der Waals surface area (Å²) in [7, 11) is -1.14. The maximum Gasteiger partial charge on any atom is 0.431 e. The number of aromatic nitrogens is 5. The Morgan fingerprint density at radius 1 is 0.620 bits per heavy atom. The van der Waals surface area contributed by atoms with Gasteiger partial charge in [0.25, 0.3) is 0 Å². The van der Waals surface area contributed by atoms with Crippen molar-refractivity contribution in [2.75, 3.05) is 0 Å². The number of alkyl halides is 3. The molecule has 0 fully saturated rings. The maximum absolute atomic E-state index is 12.2. The molecule has 4 aromatic heterocycles. The van der Waals surface area contributed by atoms with E-state index in [1.165, 1.54) is 22.2 Å². The second-order valence-electron chi connectivity index (χ2n) is 10.6. The molecule has 10 heteroatoms. The van der Waals surface area contributed by atoms with Gasteiger partial charge in [-0.25, -0.2) is 6.07 Å². The van der Waals surface area contributed by atoms with Gasteiger partial charge in [0.1, 0.15) is 11.1 Å². The van der Waals surface area contributed by atoms with Crippen molar-refractivity contribution in [3.05, 3.63) is 182 Å². The van der Waals surface area contributed by atoms with E-state index in [2.05, 4.69) is 112 Å². The molecule has 0 saturated carbocycles. The van der Waals surface area contributed by atoms with Crippen LogP contribution in [-0.4, -0.2) is 20.1 Å². The molecule has 0 aliphatic heterocycles. The first kappa shape index (κ1) is 36.1. The summed E-state index contributed by atoms with van der Waals surface area (Å²) in [6, 6.07) is 49.7. The summed E-state index contributed by atoms with van der Waals surface area (Å²) >= 11 is 0. The second-order valence-corrected chi connectivity index (χ2v) is 13.0. The van der Waals surface area contributed by atoms with Crippen LogP contribution >= 0.6 is 7.92 Å². The number of fused-ring (bicyclic) bond motifs is 2. The molecule has 0 aliphatic carbocycles. The van der Waals surface area contributed by atoms with Gasteiger partial charge in [-0.15, -0.1) is 35.7 Å². The molecule has 0 aliphatic rings. The van der Waals surface area contributed by atoms with Crippen LogP contribution in [0, 0.1) is 19.1 Å². The molecule has 0 unspecified atom stereocenters. The minimum absolute atomic E-state index is 0. The van der Waals surface area contributed by atoms with E-state index in [0.717, 1.165) is 33.4 Å². The molecule has 0 amide bonds. The number of benzene rings is 4. The van der Waals surface area contributed by atoms with E-state index in [0.29, 0.717) is 5.69 Å². The van der Waals surface area contributed by atoms with Crippen LogP contribution in [-0.2, 0) is 26.3 Å². The summed E-state index contributed by atoms with van der Waals surface area (Å²) in [5.74, 6) is 0. The molecule has 0 atom stereocenters.